The van der Waals surface area contributed by atoms with Crippen molar-refractivity contribution in [3.8, 4) is 0 Å². The van der Waals surface area contributed by atoms with Crippen molar-refractivity contribution in [1.82, 2.24) is 14.7 Å². The van der Waals surface area contributed by atoms with Crippen LogP contribution in [0.15, 0.2) is 55.6 Å². The number of ether oxygens (including phenoxy) is 1. The fourth-order valence-electron chi connectivity index (χ4n) is 4.50. The standard InChI is InChI=1S/C18H20N2O4.C8H11NO3/c1-2-8-19-11-14(10-16(19)21)17(22)20-15(12-24-18(20)23)9-13-6-4-3-5-7-13;1-2-3-9-5-6(8(11)12)4-7(9)10/h2-7,14-15H,1,8-12H2;2,6H,1,3-5H2,(H,11,12)/t14-,15-;/m0./s1. The van der Waals surface area contributed by atoms with Gasteiger partial charge in [-0.1, -0.05) is 42.5 Å². The Morgan fingerprint density at radius 3 is 2.03 bits per heavy atom. The van der Waals surface area contributed by atoms with E-state index in [9.17, 15) is 24.0 Å². The van der Waals surface area contributed by atoms with E-state index < -0.39 is 23.9 Å². The van der Waals surface area contributed by atoms with Crippen molar-refractivity contribution < 1.29 is 33.8 Å². The highest BCUT2D eigenvalue weighted by Gasteiger charge is 2.44. The van der Waals surface area contributed by atoms with Crippen molar-refractivity contribution in [3.63, 3.8) is 0 Å². The van der Waals surface area contributed by atoms with Crippen molar-refractivity contribution in [2.45, 2.75) is 25.3 Å². The minimum absolute atomic E-state index is 0.0829. The number of likely N-dealkylation sites (tertiary alicyclic amines) is 2. The van der Waals surface area contributed by atoms with E-state index in [1.807, 2.05) is 30.3 Å². The smallest absolute Gasteiger partial charge is 0.416 e. The zero-order chi connectivity index (χ0) is 26.2. The predicted octanol–water partition coefficient (Wildman–Crippen LogP) is 1.72. The third-order valence-corrected chi connectivity index (χ3v) is 6.34. The van der Waals surface area contributed by atoms with Crippen LogP contribution in [0.2, 0.25) is 0 Å². The number of carboxylic acids is 1. The highest BCUT2D eigenvalue weighted by molar-refractivity contribution is 5.98. The number of hydrogen-bond donors (Lipinski definition) is 1. The molecule has 3 aliphatic heterocycles. The van der Waals surface area contributed by atoms with Gasteiger partial charge in [0.1, 0.15) is 6.61 Å². The number of nitrogens with zero attached hydrogens (tertiary/aromatic N) is 3. The molecule has 10 heteroatoms. The number of imide groups is 1. The Labute approximate surface area is 209 Å². The van der Waals surface area contributed by atoms with Crippen LogP contribution in [0.1, 0.15) is 18.4 Å². The van der Waals surface area contributed by atoms with E-state index in [1.165, 1.54) is 9.80 Å². The van der Waals surface area contributed by atoms with E-state index in [4.69, 9.17) is 9.84 Å². The first-order valence-corrected chi connectivity index (χ1v) is 11.8. The fraction of sp³-hybridized carbons (Fsp3) is 0.423. The molecule has 3 heterocycles. The molecule has 10 nitrogen and oxygen atoms in total. The molecule has 0 spiro atoms. The molecule has 0 aromatic heterocycles. The second-order valence-corrected chi connectivity index (χ2v) is 8.94. The molecular weight excluding hydrogens is 466 g/mol. The zero-order valence-corrected chi connectivity index (χ0v) is 20.1. The minimum atomic E-state index is -0.894. The number of carbonyl (C=O) groups is 5. The van der Waals surface area contributed by atoms with Crippen LogP contribution < -0.4 is 0 Å². The highest BCUT2D eigenvalue weighted by atomic mass is 16.6. The normalized spacial score (nSPS) is 23.3. The van der Waals surface area contributed by atoms with Gasteiger partial charge >= 0.3 is 12.1 Å². The van der Waals surface area contributed by atoms with E-state index in [0.29, 0.717) is 32.6 Å². The maximum absolute atomic E-state index is 12.8. The summed E-state index contributed by atoms with van der Waals surface area (Å²) < 4.78 is 5.08. The summed E-state index contributed by atoms with van der Waals surface area (Å²) >= 11 is 0. The average molecular weight is 498 g/mol. The van der Waals surface area contributed by atoms with Gasteiger partial charge in [-0.15, -0.1) is 13.2 Å². The van der Waals surface area contributed by atoms with Gasteiger partial charge < -0.3 is 19.6 Å². The lowest BCUT2D eigenvalue weighted by Gasteiger charge is -2.22. The SMILES string of the molecule is C=CCN1CC(C(=O)O)CC1=O.C=CCN1C[C@@H](C(=O)N2C(=O)OC[C@@H]2Cc2ccccc2)CC1=O. The molecule has 1 N–H and O–H groups in total. The zero-order valence-electron chi connectivity index (χ0n) is 20.1. The van der Waals surface area contributed by atoms with Crippen molar-refractivity contribution in [2.24, 2.45) is 11.8 Å². The first-order chi connectivity index (χ1) is 17.2. The number of rotatable bonds is 8. The highest BCUT2D eigenvalue weighted by Crippen LogP contribution is 2.25. The minimum Gasteiger partial charge on any atom is -0.481 e. The van der Waals surface area contributed by atoms with Crippen molar-refractivity contribution in [3.05, 3.63) is 61.2 Å². The molecule has 1 aromatic rings. The molecular formula is C26H31N3O7. The van der Waals surface area contributed by atoms with Crippen LogP contribution >= 0.6 is 0 Å². The molecule has 0 bridgehead atoms. The molecule has 36 heavy (non-hydrogen) atoms. The summed E-state index contributed by atoms with van der Waals surface area (Å²) in [5.74, 6) is -2.42. The van der Waals surface area contributed by atoms with Crippen LogP contribution in [-0.2, 0) is 30.3 Å². The monoisotopic (exact) mass is 497 g/mol. The van der Waals surface area contributed by atoms with Crippen molar-refractivity contribution in [1.29, 1.82) is 0 Å². The second-order valence-electron chi connectivity index (χ2n) is 8.94. The van der Waals surface area contributed by atoms with Crippen LogP contribution in [0.5, 0.6) is 0 Å². The van der Waals surface area contributed by atoms with E-state index in [-0.39, 0.29) is 43.2 Å². The Morgan fingerprint density at radius 2 is 1.50 bits per heavy atom. The van der Waals surface area contributed by atoms with E-state index in [0.717, 1.165) is 5.56 Å². The van der Waals surface area contributed by atoms with Gasteiger partial charge in [0.05, 0.1) is 17.9 Å². The summed E-state index contributed by atoms with van der Waals surface area (Å²) in [7, 11) is 0. The van der Waals surface area contributed by atoms with Crippen LogP contribution in [0.4, 0.5) is 4.79 Å². The largest absolute Gasteiger partial charge is 0.481 e. The molecule has 3 fully saturated rings. The van der Waals surface area contributed by atoms with Crippen molar-refractivity contribution in [2.75, 3.05) is 32.8 Å². The van der Waals surface area contributed by atoms with Crippen LogP contribution in [0.3, 0.4) is 0 Å². The maximum atomic E-state index is 12.8. The Hall–Kier alpha value is -3.95. The van der Waals surface area contributed by atoms with Gasteiger partial charge in [-0.2, -0.15) is 0 Å². The number of aliphatic carboxylic acids is 1. The van der Waals surface area contributed by atoms with Gasteiger partial charge in [-0.3, -0.25) is 19.2 Å². The van der Waals surface area contributed by atoms with Gasteiger partial charge in [0.2, 0.25) is 17.7 Å². The molecule has 0 radical (unpaired) electrons. The Kier molecular flexibility index (Phi) is 8.99. The molecule has 4 amide bonds. The van der Waals surface area contributed by atoms with Gasteiger partial charge in [0.25, 0.3) is 0 Å². The molecule has 4 rings (SSSR count). The lowest BCUT2D eigenvalue weighted by Crippen LogP contribution is -2.44. The number of amides is 4. The van der Waals surface area contributed by atoms with Gasteiger partial charge in [-0.25, -0.2) is 9.69 Å². The molecule has 3 aliphatic rings. The summed E-state index contributed by atoms with van der Waals surface area (Å²) in [5.41, 5.74) is 1.04. The number of carbonyl (C=O) groups excluding carboxylic acids is 4. The van der Waals surface area contributed by atoms with Crippen LogP contribution in [0, 0.1) is 11.8 Å². The van der Waals surface area contributed by atoms with Crippen molar-refractivity contribution >= 4 is 29.8 Å². The molecule has 192 valence electrons. The van der Waals surface area contributed by atoms with E-state index in [1.54, 1.807) is 17.1 Å². The van der Waals surface area contributed by atoms with E-state index in [2.05, 4.69) is 13.2 Å². The lowest BCUT2D eigenvalue weighted by molar-refractivity contribution is -0.141. The summed E-state index contributed by atoms with van der Waals surface area (Å²) in [6, 6.07) is 9.34. The maximum Gasteiger partial charge on any atom is 0.416 e. The number of hydrogen-bond acceptors (Lipinski definition) is 6. The number of cyclic esters (lactones) is 1. The molecule has 3 atom stereocenters. The molecule has 3 saturated heterocycles. The Morgan fingerprint density at radius 1 is 0.944 bits per heavy atom. The lowest BCUT2D eigenvalue weighted by atomic mass is 10.0. The first kappa shape index (κ1) is 26.7. The van der Waals surface area contributed by atoms with Gasteiger partial charge in [0.15, 0.2) is 0 Å². The predicted molar refractivity (Wildman–Crippen MR) is 130 cm³/mol. The number of benzene rings is 1. The molecule has 1 aromatic carbocycles. The summed E-state index contributed by atoms with van der Waals surface area (Å²) in [5, 5.41) is 8.61. The van der Waals surface area contributed by atoms with Crippen LogP contribution in [-0.4, -0.2) is 88.4 Å². The summed E-state index contributed by atoms with van der Waals surface area (Å²) in [6.07, 6.45) is 3.43. The molecule has 0 aliphatic carbocycles. The second kappa shape index (κ2) is 12.1. The third-order valence-electron chi connectivity index (χ3n) is 6.34. The Balaban J connectivity index is 0.000000253. The van der Waals surface area contributed by atoms with E-state index >= 15 is 0 Å². The fourth-order valence-corrected chi connectivity index (χ4v) is 4.50. The van der Waals surface area contributed by atoms with Gasteiger partial charge in [-0.05, 0) is 12.0 Å². The third kappa shape index (κ3) is 6.38. The van der Waals surface area contributed by atoms with Gasteiger partial charge in [0, 0.05) is 39.0 Å². The molecule has 1 unspecified atom stereocenters. The molecule has 0 saturated carbocycles. The number of carboxylic acid groups (broad SMARTS) is 1. The topological polar surface area (TPSA) is 125 Å². The summed E-state index contributed by atoms with van der Waals surface area (Å²) in [4.78, 5) is 62.6. The Bertz CT molecular complexity index is 1030. The average Bonchev–Trinajstić information content (AvgIpc) is 3.52. The first-order valence-electron chi connectivity index (χ1n) is 11.8. The quantitative estimate of drug-likeness (QED) is 0.542. The summed E-state index contributed by atoms with van der Waals surface area (Å²) in [6.45, 7) is 8.80. The van der Waals surface area contributed by atoms with Crippen LogP contribution in [0.25, 0.3) is 0 Å².